The number of anilines is 1. The number of nitrogens with zero attached hydrogens (tertiary/aromatic N) is 4. The molecule has 3 heterocycles. The van der Waals surface area contributed by atoms with Crippen LogP contribution in [-0.2, 0) is 9.53 Å². The molecular weight excluding hydrogens is 327 g/mol. The normalized spacial score (nSPS) is 29.4. The van der Waals surface area contributed by atoms with E-state index in [2.05, 4.69) is 10.2 Å². The Morgan fingerprint density at radius 2 is 2.00 bits per heavy atom. The zero-order chi connectivity index (χ0) is 17.5. The van der Waals surface area contributed by atoms with Crippen molar-refractivity contribution in [2.24, 2.45) is 5.41 Å². The van der Waals surface area contributed by atoms with Gasteiger partial charge in [0.15, 0.2) is 5.67 Å². The molecule has 3 aliphatic rings. The van der Waals surface area contributed by atoms with Crippen LogP contribution < -0.4 is 4.90 Å². The van der Waals surface area contributed by atoms with Gasteiger partial charge in [0, 0.05) is 38.5 Å². The van der Waals surface area contributed by atoms with Crippen molar-refractivity contribution in [2.75, 3.05) is 44.3 Å². The van der Waals surface area contributed by atoms with Crippen molar-refractivity contribution in [2.45, 2.75) is 44.7 Å². The second-order valence-electron chi connectivity index (χ2n) is 7.73. The first-order chi connectivity index (χ1) is 12.0. The van der Waals surface area contributed by atoms with E-state index in [9.17, 15) is 9.18 Å². The summed E-state index contributed by atoms with van der Waals surface area (Å²) in [5, 5.41) is 8.02. The maximum atomic E-state index is 14.6. The lowest BCUT2D eigenvalue weighted by Crippen LogP contribution is -2.57. The van der Waals surface area contributed by atoms with Crippen LogP contribution in [0.5, 0.6) is 0 Å². The van der Waals surface area contributed by atoms with E-state index in [0.717, 1.165) is 19.3 Å². The summed E-state index contributed by atoms with van der Waals surface area (Å²) in [6.07, 6.45) is 3.33. The molecule has 138 valence electrons. The number of aryl methyl sites for hydroxylation is 1. The summed E-state index contributed by atoms with van der Waals surface area (Å²) in [5.74, 6) is 0.196. The molecule has 1 saturated carbocycles. The monoisotopic (exact) mass is 352 g/mol. The molecule has 1 unspecified atom stereocenters. The quantitative estimate of drug-likeness (QED) is 0.807. The van der Waals surface area contributed by atoms with Crippen LogP contribution in [0.2, 0.25) is 0 Å². The minimum Gasteiger partial charge on any atom is -0.408 e. The molecule has 1 amide bonds. The predicted molar refractivity (Wildman–Crippen MR) is 88.0 cm³/mol. The standard InChI is InChI=1S/C17H25FN4O3/c1-13-19-20-15(25-13)22-8-9-24-12-16(11-22)4-3-7-21(10-16)14(23)17(18)5-2-6-17/h2-12H2,1H3. The molecule has 8 heteroatoms. The van der Waals surface area contributed by atoms with Crippen molar-refractivity contribution in [3.05, 3.63) is 5.89 Å². The minimum absolute atomic E-state index is 0.215. The zero-order valence-electron chi connectivity index (χ0n) is 14.7. The van der Waals surface area contributed by atoms with Gasteiger partial charge in [0.1, 0.15) is 0 Å². The molecule has 0 aromatic carbocycles. The second kappa shape index (κ2) is 6.23. The SMILES string of the molecule is Cc1nnc(N2CCOCC3(CCCN(C(=O)C4(F)CCC4)C3)C2)o1. The minimum atomic E-state index is -1.63. The van der Waals surface area contributed by atoms with Gasteiger partial charge in [-0.25, -0.2) is 4.39 Å². The van der Waals surface area contributed by atoms with Crippen LogP contribution in [-0.4, -0.2) is 66.1 Å². The van der Waals surface area contributed by atoms with Gasteiger partial charge >= 0.3 is 6.01 Å². The van der Waals surface area contributed by atoms with Gasteiger partial charge in [-0.05, 0) is 32.1 Å². The number of rotatable bonds is 2. The van der Waals surface area contributed by atoms with E-state index in [1.807, 2.05) is 4.90 Å². The number of hydrogen-bond acceptors (Lipinski definition) is 6. The molecule has 7 nitrogen and oxygen atoms in total. The molecule has 1 aromatic rings. The number of alkyl halides is 1. The van der Waals surface area contributed by atoms with Crippen LogP contribution >= 0.6 is 0 Å². The molecular formula is C17H25FN4O3. The number of hydrogen-bond donors (Lipinski definition) is 0. The fraction of sp³-hybridized carbons (Fsp3) is 0.824. The first-order valence-electron chi connectivity index (χ1n) is 9.11. The van der Waals surface area contributed by atoms with E-state index in [1.54, 1.807) is 11.8 Å². The Morgan fingerprint density at radius 3 is 2.68 bits per heavy atom. The van der Waals surface area contributed by atoms with Crippen molar-refractivity contribution in [1.29, 1.82) is 0 Å². The summed E-state index contributed by atoms with van der Waals surface area (Å²) in [7, 11) is 0. The first-order valence-corrected chi connectivity index (χ1v) is 9.11. The number of aromatic nitrogens is 2. The van der Waals surface area contributed by atoms with Crippen LogP contribution in [0.4, 0.5) is 10.4 Å². The Labute approximate surface area is 146 Å². The summed E-state index contributed by atoms with van der Waals surface area (Å²) >= 11 is 0. The lowest BCUT2D eigenvalue weighted by atomic mass is 9.77. The molecule has 1 aliphatic carbocycles. The first kappa shape index (κ1) is 16.8. The largest absolute Gasteiger partial charge is 0.408 e. The summed E-state index contributed by atoms with van der Waals surface area (Å²) in [5.41, 5.74) is -1.85. The lowest BCUT2D eigenvalue weighted by molar-refractivity contribution is -0.154. The van der Waals surface area contributed by atoms with Gasteiger partial charge in [0.25, 0.3) is 5.91 Å². The second-order valence-corrected chi connectivity index (χ2v) is 7.73. The number of halogens is 1. The summed E-state index contributed by atoms with van der Waals surface area (Å²) in [6.45, 7) is 5.42. The smallest absolute Gasteiger partial charge is 0.318 e. The Bertz CT molecular complexity index is 648. The Kier molecular flexibility index (Phi) is 4.17. The molecule has 0 bridgehead atoms. The lowest BCUT2D eigenvalue weighted by Gasteiger charge is -2.46. The number of piperidine rings is 1. The summed E-state index contributed by atoms with van der Waals surface area (Å²) < 4.78 is 26.0. The van der Waals surface area contributed by atoms with Crippen LogP contribution in [0.25, 0.3) is 0 Å². The topological polar surface area (TPSA) is 71.7 Å². The van der Waals surface area contributed by atoms with E-state index in [4.69, 9.17) is 9.15 Å². The van der Waals surface area contributed by atoms with Gasteiger partial charge in [-0.1, -0.05) is 5.10 Å². The van der Waals surface area contributed by atoms with Crippen molar-refractivity contribution >= 4 is 11.9 Å². The highest BCUT2D eigenvalue weighted by Crippen LogP contribution is 2.40. The average molecular weight is 352 g/mol. The predicted octanol–water partition coefficient (Wildman–Crippen LogP) is 1.72. The van der Waals surface area contributed by atoms with E-state index >= 15 is 0 Å². The third-order valence-corrected chi connectivity index (χ3v) is 5.70. The third kappa shape index (κ3) is 3.12. The summed E-state index contributed by atoms with van der Waals surface area (Å²) in [6, 6.07) is 0.492. The van der Waals surface area contributed by atoms with Crippen molar-refractivity contribution < 1.29 is 18.3 Å². The zero-order valence-corrected chi connectivity index (χ0v) is 14.7. The van der Waals surface area contributed by atoms with Crippen LogP contribution in [0.1, 0.15) is 38.0 Å². The van der Waals surface area contributed by atoms with Gasteiger partial charge in [-0.2, -0.15) is 0 Å². The molecule has 25 heavy (non-hydrogen) atoms. The number of carbonyl (C=O) groups excluding carboxylic acids is 1. The molecule has 1 atom stereocenters. The summed E-state index contributed by atoms with van der Waals surface area (Å²) in [4.78, 5) is 16.4. The molecule has 0 N–H and O–H groups in total. The van der Waals surface area contributed by atoms with Crippen molar-refractivity contribution in [3.63, 3.8) is 0 Å². The number of carbonyl (C=O) groups is 1. The molecule has 1 aromatic heterocycles. The van der Waals surface area contributed by atoms with Gasteiger partial charge in [-0.3, -0.25) is 4.79 Å². The highest BCUT2D eigenvalue weighted by Gasteiger charge is 2.50. The number of ether oxygens (including phenoxy) is 1. The van der Waals surface area contributed by atoms with Crippen LogP contribution in [0.15, 0.2) is 4.42 Å². The van der Waals surface area contributed by atoms with Crippen LogP contribution in [0.3, 0.4) is 0 Å². The molecule has 2 saturated heterocycles. The molecule has 4 rings (SSSR count). The highest BCUT2D eigenvalue weighted by molar-refractivity contribution is 5.86. The van der Waals surface area contributed by atoms with Crippen molar-refractivity contribution in [3.8, 4) is 0 Å². The molecule has 1 spiro atoms. The number of amides is 1. The van der Waals surface area contributed by atoms with E-state index in [1.165, 1.54) is 0 Å². The Balaban J connectivity index is 1.51. The van der Waals surface area contributed by atoms with Crippen molar-refractivity contribution in [1.82, 2.24) is 15.1 Å². The Morgan fingerprint density at radius 1 is 1.16 bits per heavy atom. The van der Waals surface area contributed by atoms with Crippen LogP contribution in [0, 0.1) is 12.3 Å². The van der Waals surface area contributed by atoms with Gasteiger partial charge in [0.05, 0.1) is 13.2 Å². The van der Waals surface area contributed by atoms with E-state index in [-0.39, 0.29) is 11.3 Å². The maximum absolute atomic E-state index is 14.6. The van der Waals surface area contributed by atoms with E-state index in [0.29, 0.717) is 64.1 Å². The fourth-order valence-corrected chi connectivity index (χ4v) is 4.18. The third-order valence-electron chi connectivity index (χ3n) is 5.70. The highest BCUT2D eigenvalue weighted by atomic mass is 19.1. The molecule has 2 aliphatic heterocycles. The van der Waals surface area contributed by atoms with Gasteiger partial charge in [0.2, 0.25) is 5.89 Å². The average Bonchev–Trinajstić information content (AvgIpc) is 2.91. The molecule has 0 radical (unpaired) electrons. The number of likely N-dealkylation sites (tertiary alicyclic amines) is 1. The van der Waals surface area contributed by atoms with Gasteiger partial charge < -0.3 is 19.0 Å². The molecule has 3 fully saturated rings. The van der Waals surface area contributed by atoms with Gasteiger partial charge in [-0.15, -0.1) is 5.10 Å². The maximum Gasteiger partial charge on any atom is 0.318 e. The van der Waals surface area contributed by atoms with E-state index < -0.39 is 5.67 Å². The Hall–Kier alpha value is -1.70. The fourth-order valence-electron chi connectivity index (χ4n) is 4.18.